The highest BCUT2D eigenvalue weighted by Crippen LogP contribution is 2.20. The second kappa shape index (κ2) is 9.16. The molecule has 0 amide bonds. The third kappa shape index (κ3) is 5.98. The Morgan fingerprint density at radius 3 is 2.19 bits per heavy atom. The maximum absolute atomic E-state index is 12.0. The molecule has 0 radical (unpaired) electrons. The number of Topliss-reactive ketones (excluding diaryl/α,β-unsaturated/α-hetero) is 1. The van der Waals surface area contributed by atoms with E-state index in [1.165, 1.54) is 43.9 Å². The minimum absolute atomic E-state index is 0.0456. The molecular formula is C17H24O4. The standard InChI is InChI=1S/C17H24O4/c1-2-3-4-5-6-7-8-9-15(18)13-10-11-14(17(20)21)16(19)12-13/h10-12,19H,2-9H2,1H3,(H,20,21). The lowest BCUT2D eigenvalue weighted by Crippen LogP contribution is -2.02. The van der Waals surface area contributed by atoms with Crippen LogP contribution in [0.2, 0.25) is 0 Å². The van der Waals surface area contributed by atoms with Gasteiger partial charge in [0.1, 0.15) is 11.3 Å². The van der Waals surface area contributed by atoms with Crippen molar-refractivity contribution in [2.24, 2.45) is 0 Å². The van der Waals surface area contributed by atoms with Gasteiger partial charge in [0.15, 0.2) is 5.78 Å². The number of benzene rings is 1. The van der Waals surface area contributed by atoms with E-state index in [9.17, 15) is 14.7 Å². The van der Waals surface area contributed by atoms with Crippen LogP contribution in [0.1, 0.15) is 79.0 Å². The minimum atomic E-state index is -1.20. The summed E-state index contributed by atoms with van der Waals surface area (Å²) in [6.07, 6.45) is 8.45. The van der Waals surface area contributed by atoms with Crippen LogP contribution in [-0.4, -0.2) is 22.0 Å². The molecule has 0 aliphatic carbocycles. The molecule has 1 rings (SSSR count). The van der Waals surface area contributed by atoms with Crippen LogP contribution in [0, 0.1) is 0 Å². The molecule has 0 atom stereocenters. The van der Waals surface area contributed by atoms with Crippen molar-refractivity contribution in [1.82, 2.24) is 0 Å². The van der Waals surface area contributed by atoms with Gasteiger partial charge in [-0.3, -0.25) is 4.79 Å². The summed E-state index contributed by atoms with van der Waals surface area (Å²) in [5, 5.41) is 18.4. The van der Waals surface area contributed by atoms with Crippen molar-refractivity contribution in [1.29, 1.82) is 0 Å². The number of ketones is 1. The highest BCUT2D eigenvalue weighted by atomic mass is 16.4. The van der Waals surface area contributed by atoms with Crippen molar-refractivity contribution >= 4 is 11.8 Å². The van der Waals surface area contributed by atoms with Crippen molar-refractivity contribution in [3.05, 3.63) is 29.3 Å². The smallest absolute Gasteiger partial charge is 0.339 e. The maximum atomic E-state index is 12.0. The number of phenols is 1. The van der Waals surface area contributed by atoms with E-state index in [0.717, 1.165) is 19.3 Å². The van der Waals surface area contributed by atoms with E-state index >= 15 is 0 Å². The van der Waals surface area contributed by atoms with Crippen LogP contribution in [0.25, 0.3) is 0 Å². The number of unbranched alkanes of at least 4 members (excludes halogenated alkanes) is 6. The molecule has 1 aromatic carbocycles. The van der Waals surface area contributed by atoms with Crippen molar-refractivity contribution in [2.45, 2.75) is 58.3 Å². The summed E-state index contributed by atoms with van der Waals surface area (Å²) in [6, 6.07) is 3.98. The molecule has 4 heteroatoms. The molecule has 0 unspecified atom stereocenters. The van der Waals surface area contributed by atoms with E-state index in [2.05, 4.69) is 6.92 Å². The molecule has 0 saturated carbocycles. The van der Waals surface area contributed by atoms with Gasteiger partial charge in [-0.2, -0.15) is 0 Å². The molecule has 116 valence electrons. The van der Waals surface area contributed by atoms with Gasteiger partial charge >= 0.3 is 5.97 Å². The Bertz CT molecular complexity index is 480. The van der Waals surface area contributed by atoms with Crippen molar-refractivity contribution in [3.8, 4) is 5.75 Å². The van der Waals surface area contributed by atoms with Crippen LogP contribution in [0.15, 0.2) is 18.2 Å². The maximum Gasteiger partial charge on any atom is 0.339 e. The molecule has 0 aromatic heterocycles. The second-order valence-corrected chi connectivity index (χ2v) is 5.33. The molecule has 0 aliphatic heterocycles. The summed E-state index contributed by atoms with van der Waals surface area (Å²) >= 11 is 0. The largest absolute Gasteiger partial charge is 0.507 e. The topological polar surface area (TPSA) is 74.6 Å². The van der Waals surface area contributed by atoms with Gasteiger partial charge < -0.3 is 10.2 Å². The Kier molecular flexibility index (Phi) is 7.51. The first-order valence-corrected chi connectivity index (χ1v) is 7.65. The van der Waals surface area contributed by atoms with E-state index in [4.69, 9.17) is 5.11 Å². The Morgan fingerprint density at radius 2 is 1.62 bits per heavy atom. The van der Waals surface area contributed by atoms with Crippen LogP contribution < -0.4 is 0 Å². The average molecular weight is 292 g/mol. The summed E-state index contributed by atoms with van der Waals surface area (Å²) in [4.78, 5) is 22.7. The monoisotopic (exact) mass is 292 g/mol. The Balaban J connectivity index is 2.35. The van der Waals surface area contributed by atoms with Gasteiger partial charge in [-0.05, 0) is 18.6 Å². The minimum Gasteiger partial charge on any atom is -0.507 e. The number of carbonyl (C=O) groups is 2. The van der Waals surface area contributed by atoms with Gasteiger partial charge in [0.05, 0.1) is 0 Å². The number of rotatable bonds is 10. The summed E-state index contributed by atoms with van der Waals surface area (Å²) in [6.45, 7) is 2.18. The average Bonchev–Trinajstić information content (AvgIpc) is 2.45. The zero-order chi connectivity index (χ0) is 15.7. The number of hydrogen-bond donors (Lipinski definition) is 2. The fourth-order valence-corrected chi connectivity index (χ4v) is 2.27. The van der Waals surface area contributed by atoms with Gasteiger partial charge in [0.25, 0.3) is 0 Å². The first kappa shape index (κ1) is 17.2. The molecule has 0 bridgehead atoms. The zero-order valence-electron chi connectivity index (χ0n) is 12.6. The van der Waals surface area contributed by atoms with Gasteiger partial charge in [0, 0.05) is 12.0 Å². The van der Waals surface area contributed by atoms with Crippen LogP contribution in [-0.2, 0) is 0 Å². The lowest BCUT2D eigenvalue weighted by molar-refractivity contribution is 0.0693. The SMILES string of the molecule is CCCCCCCCCC(=O)c1ccc(C(=O)O)c(O)c1. The van der Waals surface area contributed by atoms with E-state index in [1.807, 2.05) is 0 Å². The van der Waals surface area contributed by atoms with E-state index in [-0.39, 0.29) is 17.1 Å². The van der Waals surface area contributed by atoms with Crippen LogP contribution >= 0.6 is 0 Å². The number of aromatic hydroxyl groups is 1. The summed E-state index contributed by atoms with van der Waals surface area (Å²) < 4.78 is 0. The Morgan fingerprint density at radius 1 is 1.00 bits per heavy atom. The van der Waals surface area contributed by atoms with Crippen molar-refractivity contribution in [2.75, 3.05) is 0 Å². The first-order valence-electron chi connectivity index (χ1n) is 7.65. The predicted molar refractivity (Wildman–Crippen MR) is 82.0 cm³/mol. The Labute approximate surface area is 125 Å². The lowest BCUT2D eigenvalue weighted by Gasteiger charge is -2.04. The molecule has 0 heterocycles. The number of hydrogen-bond acceptors (Lipinski definition) is 3. The van der Waals surface area contributed by atoms with Gasteiger partial charge in [-0.15, -0.1) is 0 Å². The molecule has 2 N–H and O–H groups in total. The van der Waals surface area contributed by atoms with Crippen LogP contribution in [0.3, 0.4) is 0 Å². The third-order valence-electron chi connectivity index (χ3n) is 3.56. The fourth-order valence-electron chi connectivity index (χ4n) is 2.27. The van der Waals surface area contributed by atoms with Gasteiger partial charge in [-0.1, -0.05) is 51.5 Å². The highest BCUT2D eigenvalue weighted by Gasteiger charge is 2.13. The first-order chi connectivity index (χ1) is 10.1. The Hall–Kier alpha value is -1.84. The molecule has 21 heavy (non-hydrogen) atoms. The summed E-state index contributed by atoms with van der Waals surface area (Å²) in [5.74, 6) is -1.60. The third-order valence-corrected chi connectivity index (χ3v) is 3.56. The number of carboxylic acids is 1. The molecule has 0 saturated heterocycles. The normalized spacial score (nSPS) is 10.5. The predicted octanol–water partition coefficient (Wildman–Crippen LogP) is 4.41. The number of aromatic carboxylic acids is 1. The molecule has 0 aliphatic rings. The van der Waals surface area contributed by atoms with Crippen molar-refractivity contribution in [3.63, 3.8) is 0 Å². The number of carbonyl (C=O) groups excluding carboxylic acids is 1. The zero-order valence-corrected chi connectivity index (χ0v) is 12.6. The van der Waals surface area contributed by atoms with Crippen LogP contribution in [0.5, 0.6) is 5.75 Å². The van der Waals surface area contributed by atoms with Gasteiger partial charge in [0.2, 0.25) is 0 Å². The molecular weight excluding hydrogens is 268 g/mol. The van der Waals surface area contributed by atoms with E-state index in [1.54, 1.807) is 0 Å². The fraction of sp³-hybridized carbons (Fsp3) is 0.529. The summed E-state index contributed by atoms with van der Waals surface area (Å²) in [5.41, 5.74) is 0.200. The quantitative estimate of drug-likeness (QED) is 0.494. The highest BCUT2D eigenvalue weighted by molar-refractivity contribution is 5.98. The van der Waals surface area contributed by atoms with Crippen LogP contribution in [0.4, 0.5) is 0 Å². The van der Waals surface area contributed by atoms with E-state index in [0.29, 0.717) is 12.0 Å². The molecule has 1 aromatic rings. The molecule has 0 spiro atoms. The van der Waals surface area contributed by atoms with Crippen molar-refractivity contribution < 1.29 is 19.8 Å². The number of carboxylic acid groups (broad SMARTS) is 1. The summed E-state index contributed by atoms with van der Waals surface area (Å²) in [7, 11) is 0. The lowest BCUT2D eigenvalue weighted by atomic mass is 10.0. The molecule has 0 fully saturated rings. The van der Waals surface area contributed by atoms with Gasteiger partial charge in [-0.25, -0.2) is 4.79 Å². The van der Waals surface area contributed by atoms with E-state index < -0.39 is 5.97 Å². The second-order valence-electron chi connectivity index (χ2n) is 5.33. The molecule has 4 nitrogen and oxygen atoms in total.